The highest BCUT2D eigenvalue weighted by molar-refractivity contribution is 7.13. The average molecular weight is 303 g/mol. The van der Waals surface area contributed by atoms with E-state index in [1.54, 1.807) is 11.3 Å². The largest absolute Gasteiger partial charge is 0.339 e. The maximum atomic E-state index is 5.45. The molecule has 0 N–H and O–H groups in total. The van der Waals surface area contributed by atoms with Crippen molar-refractivity contribution in [2.75, 3.05) is 19.6 Å². The van der Waals surface area contributed by atoms with Gasteiger partial charge in [0.05, 0.1) is 10.8 Å². The van der Waals surface area contributed by atoms with Gasteiger partial charge in [-0.15, -0.1) is 11.3 Å². The fourth-order valence-electron chi connectivity index (χ4n) is 3.52. The van der Waals surface area contributed by atoms with Crippen LogP contribution in [0.15, 0.2) is 22.0 Å². The van der Waals surface area contributed by atoms with Crippen LogP contribution in [0, 0.1) is 5.92 Å². The van der Waals surface area contributed by atoms with Crippen molar-refractivity contribution in [1.29, 1.82) is 0 Å². The topological polar surface area (TPSA) is 42.2 Å². The lowest BCUT2D eigenvalue weighted by atomic mass is 9.87. The lowest BCUT2D eigenvalue weighted by molar-refractivity contribution is 0.0948. The molecule has 4 nitrogen and oxygen atoms in total. The highest BCUT2D eigenvalue weighted by atomic mass is 32.1. The SMILES string of the molecule is c1csc(-c2noc(C3CN(CC4CCCCC4)C3)n2)c1. The second-order valence-electron chi connectivity index (χ2n) is 6.35. The molecule has 1 saturated carbocycles. The number of rotatable bonds is 4. The van der Waals surface area contributed by atoms with Gasteiger partial charge in [0.2, 0.25) is 11.7 Å². The van der Waals surface area contributed by atoms with Gasteiger partial charge in [-0.2, -0.15) is 4.98 Å². The lowest BCUT2D eigenvalue weighted by Crippen LogP contribution is -2.47. The molecular weight excluding hydrogens is 282 g/mol. The zero-order valence-electron chi connectivity index (χ0n) is 12.2. The summed E-state index contributed by atoms with van der Waals surface area (Å²) in [5.74, 6) is 2.92. The summed E-state index contributed by atoms with van der Waals surface area (Å²) < 4.78 is 5.45. The number of nitrogens with zero attached hydrogens (tertiary/aromatic N) is 3. The van der Waals surface area contributed by atoms with Crippen LogP contribution in [0.5, 0.6) is 0 Å². The van der Waals surface area contributed by atoms with Crippen molar-refractivity contribution in [3.05, 3.63) is 23.4 Å². The Balaban J connectivity index is 1.31. The van der Waals surface area contributed by atoms with Crippen LogP contribution in [-0.2, 0) is 0 Å². The van der Waals surface area contributed by atoms with Crippen LogP contribution >= 0.6 is 11.3 Å². The lowest BCUT2D eigenvalue weighted by Gasteiger charge is -2.40. The second kappa shape index (κ2) is 5.89. The monoisotopic (exact) mass is 303 g/mol. The first-order valence-electron chi connectivity index (χ1n) is 7.98. The minimum absolute atomic E-state index is 0.440. The van der Waals surface area contributed by atoms with E-state index in [0.717, 1.165) is 35.6 Å². The van der Waals surface area contributed by atoms with Gasteiger partial charge in [-0.25, -0.2) is 0 Å². The van der Waals surface area contributed by atoms with Crippen molar-refractivity contribution in [3.8, 4) is 10.7 Å². The van der Waals surface area contributed by atoms with Crippen molar-refractivity contribution >= 4 is 11.3 Å². The van der Waals surface area contributed by atoms with E-state index in [9.17, 15) is 0 Å². The van der Waals surface area contributed by atoms with Gasteiger partial charge < -0.3 is 9.42 Å². The van der Waals surface area contributed by atoms with Crippen LogP contribution in [0.25, 0.3) is 10.7 Å². The summed E-state index contributed by atoms with van der Waals surface area (Å²) in [5, 5.41) is 6.15. The Morgan fingerprint density at radius 2 is 2.10 bits per heavy atom. The van der Waals surface area contributed by atoms with Gasteiger partial charge in [0.25, 0.3) is 0 Å². The number of likely N-dealkylation sites (tertiary alicyclic amines) is 1. The predicted molar refractivity (Wildman–Crippen MR) is 83.4 cm³/mol. The van der Waals surface area contributed by atoms with Crippen LogP contribution in [-0.4, -0.2) is 34.7 Å². The molecule has 0 amide bonds. The Hall–Kier alpha value is -1.20. The van der Waals surface area contributed by atoms with E-state index in [2.05, 4.69) is 15.0 Å². The molecule has 5 heteroatoms. The van der Waals surface area contributed by atoms with Crippen LogP contribution in [0.1, 0.15) is 43.9 Å². The Bertz CT molecular complexity index is 568. The third kappa shape index (κ3) is 2.90. The molecule has 21 heavy (non-hydrogen) atoms. The molecule has 0 spiro atoms. The number of thiophene rings is 1. The molecule has 0 aromatic carbocycles. The summed E-state index contributed by atoms with van der Waals surface area (Å²) in [6.07, 6.45) is 7.13. The fourth-order valence-corrected chi connectivity index (χ4v) is 4.17. The zero-order chi connectivity index (χ0) is 14.1. The highest BCUT2D eigenvalue weighted by Crippen LogP contribution is 2.31. The van der Waals surface area contributed by atoms with Crippen molar-refractivity contribution < 1.29 is 4.52 Å². The summed E-state index contributed by atoms with van der Waals surface area (Å²) in [4.78, 5) is 8.20. The van der Waals surface area contributed by atoms with Crippen molar-refractivity contribution in [3.63, 3.8) is 0 Å². The summed E-state index contributed by atoms with van der Waals surface area (Å²) >= 11 is 1.66. The molecule has 2 aromatic heterocycles. The molecule has 1 aliphatic heterocycles. The predicted octanol–water partition coefficient (Wildman–Crippen LogP) is 3.78. The van der Waals surface area contributed by atoms with E-state index < -0.39 is 0 Å². The third-order valence-electron chi connectivity index (χ3n) is 4.73. The van der Waals surface area contributed by atoms with Gasteiger partial charge in [0.15, 0.2) is 0 Å². The van der Waals surface area contributed by atoms with E-state index >= 15 is 0 Å². The normalized spacial score (nSPS) is 21.5. The first-order valence-corrected chi connectivity index (χ1v) is 8.86. The van der Waals surface area contributed by atoms with Gasteiger partial charge in [-0.05, 0) is 30.2 Å². The van der Waals surface area contributed by atoms with Gasteiger partial charge in [-0.3, -0.25) is 0 Å². The van der Waals surface area contributed by atoms with Crippen molar-refractivity contribution in [1.82, 2.24) is 15.0 Å². The molecule has 2 fully saturated rings. The molecule has 1 aliphatic carbocycles. The van der Waals surface area contributed by atoms with Crippen molar-refractivity contribution in [2.45, 2.75) is 38.0 Å². The molecule has 3 heterocycles. The Morgan fingerprint density at radius 1 is 1.24 bits per heavy atom. The van der Waals surface area contributed by atoms with Crippen LogP contribution in [0.3, 0.4) is 0 Å². The van der Waals surface area contributed by atoms with Gasteiger partial charge in [-0.1, -0.05) is 30.5 Å². The smallest absolute Gasteiger partial charge is 0.232 e. The molecule has 4 rings (SSSR count). The van der Waals surface area contributed by atoms with Gasteiger partial charge >= 0.3 is 0 Å². The Kier molecular flexibility index (Phi) is 3.78. The molecule has 0 bridgehead atoms. The maximum Gasteiger partial charge on any atom is 0.232 e. The van der Waals surface area contributed by atoms with E-state index in [4.69, 9.17) is 4.52 Å². The Morgan fingerprint density at radius 3 is 2.86 bits per heavy atom. The first kappa shape index (κ1) is 13.5. The zero-order valence-corrected chi connectivity index (χ0v) is 13.0. The Labute approximate surface area is 129 Å². The molecule has 0 radical (unpaired) electrons. The third-order valence-corrected chi connectivity index (χ3v) is 5.60. The number of aromatic nitrogens is 2. The fraction of sp³-hybridized carbons (Fsp3) is 0.625. The summed E-state index contributed by atoms with van der Waals surface area (Å²) in [6, 6.07) is 4.06. The molecule has 2 aliphatic rings. The first-order chi connectivity index (χ1) is 10.4. The number of hydrogen-bond donors (Lipinski definition) is 0. The van der Waals surface area contributed by atoms with Gasteiger partial charge in [0.1, 0.15) is 0 Å². The maximum absolute atomic E-state index is 5.45. The summed E-state index contributed by atoms with van der Waals surface area (Å²) in [7, 11) is 0. The van der Waals surface area contributed by atoms with E-state index in [0.29, 0.717) is 5.92 Å². The molecule has 112 valence electrons. The van der Waals surface area contributed by atoms with Crippen LogP contribution in [0.2, 0.25) is 0 Å². The average Bonchev–Trinajstić information content (AvgIpc) is 3.14. The van der Waals surface area contributed by atoms with E-state index in [1.807, 2.05) is 17.5 Å². The minimum Gasteiger partial charge on any atom is -0.339 e. The standard InChI is InChI=1S/C16H21N3OS/c1-2-5-12(6-3-1)9-19-10-13(11-19)16-17-15(18-20-16)14-7-4-8-21-14/h4,7-8,12-13H,1-3,5-6,9-11H2. The highest BCUT2D eigenvalue weighted by Gasteiger charge is 2.34. The van der Waals surface area contributed by atoms with Gasteiger partial charge in [0, 0.05) is 19.6 Å². The summed E-state index contributed by atoms with van der Waals surface area (Å²) in [5.41, 5.74) is 0. The molecular formula is C16H21N3OS. The van der Waals surface area contributed by atoms with E-state index in [1.165, 1.54) is 38.6 Å². The molecule has 2 aromatic rings. The molecule has 0 unspecified atom stereocenters. The van der Waals surface area contributed by atoms with Crippen molar-refractivity contribution in [2.24, 2.45) is 5.92 Å². The van der Waals surface area contributed by atoms with Crippen LogP contribution in [0.4, 0.5) is 0 Å². The molecule has 0 atom stereocenters. The second-order valence-corrected chi connectivity index (χ2v) is 7.30. The molecule has 1 saturated heterocycles. The summed E-state index contributed by atoms with van der Waals surface area (Å²) in [6.45, 7) is 3.44. The van der Waals surface area contributed by atoms with Crippen LogP contribution < -0.4 is 0 Å². The van der Waals surface area contributed by atoms with E-state index in [-0.39, 0.29) is 0 Å². The number of hydrogen-bond acceptors (Lipinski definition) is 5. The quantitative estimate of drug-likeness (QED) is 0.862. The minimum atomic E-state index is 0.440.